The summed E-state index contributed by atoms with van der Waals surface area (Å²) in [5.41, 5.74) is 1.59. The van der Waals surface area contributed by atoms with Gasteiger partial charge >= 0.3 is 0 Å². The number of aromatic nitrogens is 2. The number of aryl methyl sites for hydroxylation is 1. The Morgan fingerprint density at radius 1 is 1.15 bits per heavy atom. The molecule has 1 aromatic carbocycles. The highest BCUT2D eigenvalue weighted by atomic mass is 16.5. The molecular weight excluding hydrogens is 252 g/mol. The molecular formula is C16H20N2O2. The fourth-order valence-corrected chi connectivity index (χ4v) is 1.95. The molecule has 0 aliphatic heterocycles. The minimum Gasteiger partial charge on any atom is -0.494 e. The molecule has 0 aliphatic carbocycles. The summed E-state index contributed by atoms with van der Waals surface area (Å²) in [4.78, 5) is 16.4. The van der Waals surface area contributed by atoms with Crippen LogP contribution in [0.25, 0.3) is 5.69 Å². The summed E-state index contributed by atoms with van der Waals surface area (Å²) in [5, 5.41) is 0. The molecule has 0 spiro atoms. The Morgan fingerprint density at radius 3 is 2.50 bits per heavy atom. The number of nitrogens with zero attached hydrogens (tertiary/aromatic N) is 2. The van der Waals surface area contributed by atoms with E-state index in [1.807, 2.05) is 24.3 Å². The summed E-state index contributed by atoms with van der Waals surface area (Å²) in [6.45, 7) is 4.84. The highest BCUT2D eigenvalue weighted by Crippen LogP contribution is 2.14. The van der Waals surface area contributed by atoms with E-state index in [-0.39, 0.29) is 5.56 Å². The van der Waals surface area contributed by atoms with Crippen molar-refractivity contribution >= 4 is 0 Å². The zero-order chi connectivity index (χ0) is 14.4. The summed E-state index contributed by atoms with van der Waals surface area (Å²) in [5.74, 6) is 0.819. The van der Waals surface area contributed by atoms with Crippen LogP contribution in [-0.4, -0.2) is 16.2 Å². The largest absolute Gasteiger partial charge is 0.494 e. The first-order chi connectivity index (χ1) is 9.74. The molecule has 20 heavy (non-hydrogen) atoms. The van der Waals surface area contributed by atoms with Gasteiger partial charge in [-0.05, 0) is 37.1 Å². The second-order valence-corrected chi connectivity index (χ2v) is 4.68. The molecule has 0 atom stereocenters. The number of hydrogen-bond donors (Lipinski definition) is 0. The second-order valence-electron chi connectivity index (χ2n) is 4.68. The van der Waals surface area contributed by atoms with Crippen molar-refractivity contribution in [3.05, 3.63) is 52.7 Å². The summed E-state index contributed by atoms with van der Waals surface area (Å²) in [6, 6.07) is 9.08. The van der Waals surface area contributed by atoms with Gasteiger partial charge in [-0.25, -0.2) is 4.98 Å². The van der Waals surface area contributed by atoms with Crippen molar-refractivity contribution in [1.29, 1.82) is 0 Å². The van der Waals surface area contributed by atoms with Gasteiger partial charge in [0.2, 0.25) is 0 Å². The minimum absolute atomic E-state index is 0.0503. The maximum absolute atomic E-state index is 12.1. The molecule has 0 N–H and O–H groups in total. The van der Waals surface area contributed by atoms with Gasteiger partial charge in [-0.2, -0.15) is 0 Å². The summed E-state index contributed by atoms with van der Waals surface area (Å²) in [7, 11) is 0. The third-order valence-corrected chi connectivity index (χ3v) is 2.96. The van der Waals surface area contributed by atoms with Crippen LogP contribution in [0.1, 0.15) is 32.4 Å². The van der Waals surface area contributed by atoms with Gasteiger partial charge in [-0.1, -0.05) is 20.3 Å². The first-order valence-electron chi connectivity index (χ1n) is 7.05. The van der Waals surface area contributed by atoms with Gasteiger partial charge in [0.25, 0.3) is 5.56 Å². The lowest BCUT2D eigenvalue weighted by Crippen LogP contribution is -2.18. The van der Waals surface area contributed by atoms with E-state index in [4.69, 9.17) is 4.74 Å². The van der Waals surface area contributed by atoms with Crippen molar-refractivity contribution in [2.75, 3.05) is 6.61 Å². The lowest BCUT2D eigenvalue weighted by Gasteiger charge is -2.08. The Balaban J connectivity index is 2.21. The van der Waals surface area contributed by atoms with Gasteiger partial charge in [0.05, 0.1) is 12.3 Å². The van der Waals surface area contributed by atoms with E-state index < -0.39 is 0 Å². The molecule has 2 aromatic rings. The van der Waals surface area contributed by atoms with Crippen molar-refractivity contribution in [3.8, 4) is 11.4 Å². The zero-order valence-corrected chi connectivity index (χ0v) is 12.0. The van der Waals surface area contributed by atoms with Gasteiger partial charge in [-0.15, -0.1) is 0 Å². The maximum atomic E-state index is 12.1. The summed E-state index contributed by atoms with van der Waals surface area (Å²) < 4.78 is 7.07. The molecule has 0 amide bonds. The van der Waals surface area contributed by atoms with Gasteiger partial charge in [-0.3, -0.25) is 9.36 Å². The summed E-state index contributed by atoms with van der Waals surface area (Å²) >= 11 is 0. The van der Waals surface area contributed by atoms with E-state index in [9.17, 15) is 4.79 Å². The second kappa shape index (κ2) is 6.89. The SMILES string of the molecule is CCCOc1ccc(-n2cnc(CCC)cc2=O)cc1. The zero-order valence-electron chi connectivity index (χ0n) is 12.0. The van der Waals surface area contributed by atoms with Crippen molar-refractivity contribution in [1.82, 2.24) is 9.55 Å². The van der Waals surface area contributed by atoms with Crippen LogP contribution < -0.4 is 10.3 Å². The van der Waals surface area contributed by atoms with E-state index in [2.05, 4.69) is 18.8 Å². The molecule has 1 heterocycles. The van der Waals surface area contributed by atoms with E-state index in [0.29, 0.717) is 6.61 Å². The van der Waals surface area contributed by atoms with Crippen LogP contribution in [-0.2, 0) is 6.42 Å². The number of hydrogen-bond acceptors (Lipinski definition) is 3. The average Bonchev–Trinajstić information content (AvgIpc) is 2.46. The van der Waals surface area contributed by atoms with E-state index in [0.717, 1.165) is 36.4 Å². The third-order valence-electron chi connectivity index (χ3n) is 2.96. The Hall–Kier alpha value is -2.10. The number of benzene rings is 1. The Morgan fingerprint density at radius 2 is 1.90 bits per heavy atom. The average molecular weight is 272 g/mol. The highest BCUT2D eigenvalue weighted by molar-refractivity contribution is 5.37. The molecule has 0 saturated heterocycles. The fourth-order valence-electron chi connectivity index (χ4n) is 1.95. The first-order valence-corrected chi connectivity index (χ1v) is 7.05. The van der Waals surface area contributed by atoms with Crippen LogP contribution in [0.4, 0.5) is 0 Å². The normalized spacial score (nSPS) is 10.5. The Bertz CT molecular complexity index is 603. The fraction of sp³-hybridized carbons (Fsp3) is 0.375. The minimum atomic E-state index is -0.0503. The van der Waals surface area contributed by atoms with E-state index in [1.54, 1.807) is 17.0 Å². The molecule has 0 fully saturated rings. The Kier molecular flexibility index (Phi) is 4.93. The van der Waals surface area contributed by atoms with Crippen molar-refractivity contribution in [2.24, 2.45) is 0 Å². The molecule has 2 rings (SSSR count). The molecule has 106 valence electrons. The van der Waals surface area contributed by atoms with Crippen molar-refractivity contribution in [2.45, 2.75) is 33.1 Å². The van der Waals surface area contributed by atoms with E-state index in [1.165, 1.54) is 0 Å². The van der Waals surface area contributed by atoms with Crippen molar-refractivity contribution in [3.63, 3.8) is 0 Å². The molecule has 0 aliphatic rings. The lowest BCUT2D eigenvalue weighted by molar-refractivity contribution is 0.317. The summed E-state index contributed by atoms with van der Waals surface area (Å²) in [6.07, 6.45) is 4.39. The number of rotatable bonds is 6. The third kappa shape index (κ3) is 3.47. The topological polar surface area (TPSA) is 44.1 Å². The molecule has 1 aromatic heterocycles. The van der Waals surface area contributed by atoms with Crippen LogP contribution in [0.3, 0.4) is 0 Å². The van der Waals surface area contributed by atoms with Crippen LogP contribution in [0.5, 0.6) is 5.75 Å². The van der Waals surface area contributed by atoms with Crippen LogP contribution in [0, 0.1) is 0 Å². The van der Waals surface area contributed by atoms with Crippen molar-refractivity contribution < 1.29 is 4.74 Å². The van der Waals surface area contributed by atoms with Crippen LogP contribution in [0.2, 0.25) is 0 Å². The standard InChI is InChI=1S/C16H20N2O2/c1-3-5-13-11-16(19)18(12-17-13)14-6-8-15(9-7-14)20-10-4-2/h6-9,11-12H,3-5,10H2,1-2H3. The smallest absolute Gasteiger partial charge is 0.258 e. The predicted octanol–water partition coefficient (Wildman–Crippen LogP) is 2.97. The van der Waals surface area contributed by atoms with Crippen LogP contribution >= 0.6 is 0 Å². The van der Waals surface area contributed by atoms with Gasteiger partial charge in [0.1, 0.15) is 12.1 Å². The van der Waals surface area contributed by atoms with Gasteiger partial charge in [0, 0.05) is 11.8 Å². The molecule has 0 bridgehead atoms. The first kappa shape index (κ1) is 14.3. The highest BCUT2D eigenvalue weighted by Gasteiger charge is 2.02. The quantitative estimate of drug-likeness (QED) is 0.812. The Labute approximate surface area is 119 Å². The maximum Gasteiger partial charge on any atom is 0.258 e. The predicted molar refractivity (Wildman–Crippen MR) is 79.6 cm³/mol. The monoisotopic (exact) mass is 272 g/mol. The molecule has 4 heteroatoms. The molecule has 4 nitrogen and oxygen atoms in total. The molecule has 0 radical (unpaired) electrons. The van der Waals surface area contributed by atoms with Gasteiger partial charge in [0.15, 0.2) is 0 Å². The van der Waals surface area contributed by atoms with Crippen LogP contribution in [0.15, 0.2) is 41.5 Å². The van der Waals surface area contributed by atoms with E-state index >= 15 is 0 Å². The molecule has 0 unspecified atom stereocenters. The number of ether oxygens (including phenoxy) is 1. The molecule has 0 saturated carbocycles. The lowest BCUT2D eigenvalue weighted by atomic mass is 10.2. The van der Waals surface area contributed by atoms with Gasteiger partial charge < -0.3 is 4.74 Å².